The maximum Gasteiger partial charge on any atom is 0.290 e. The van der Waals surface area contributed by atoms with Crippen LogP contribution in [0.5, 0.6) is 0 Å². The molecule has 122 valence electrons. The molecule has 2 rings (SSSR count). The largest absolute Gasteiger partial charge is 0.383 e. The van der Waals surface area contributed by atoms with Gasteiger partial charge in [0.15, 0.2) is 0 Å². The maximum atomic E-state index is 12.8. The average molecular weight is 339 g/mol. The molecule has 23 heavy (non-hydrogen) atoms. The number of methoxy groups -OCH3 is 1. The van der Waals surface area contributed by atoms with Gasteiger partial charge >= 0.3 is 0 Å². The molecule has 0 aliphatic rings. The molecular formula is C15H15F2N3O2S. The van der Waals surface area contributed by atoms with Gasteiger partial charge in [-0.3, -0.25) is 9.78 Å². The van der Waals surface area contributed by atoms with Gasteiger partial charge in [-0.15, -0.1) is 0 Å². The second kappa shape index (κ2) is 8.54. The number of alkyl halides is 2. The van der Waals surface area contributed by atoms with Crippen LogP contribution in [0.1, 0.15) is 10.4 Å². The number of pyridine rings is 2. The van der Waals surface area contributed by atoms with Crippen molar-refractivity contribution in [3.63, 3.8) is 0 Å². The van der Waals surface area contributed by atoms with Crippen molar-refractivity contribution in [2.24, 2.45) is 0 Å². The summed E-state index contributed by atoms with van der Waals surface area (Å²) < 4.78 is 30.3. The number of halogens is 2. The van der Waals surface area contributed by atoms with Crippen LogP contribution < -0.4 is 4.90 Å². The molecule has 2 heterocycles. The first-order valence-electron chi connectivity index (χ1n) is 6.74. The van der Waals surface area contributed by atoms with Crippen LogP contribution in [0.4, 0.5) is 14.5 Å². The van der Waals surface area contributed by atoms with Gasteiger partial charge in [0.2, 0.25) is 0 Å². The molecule has 0 aliphatic carbocycles. The van der Waals surface area contributed by atoms with Gasteiger partial charge in [-0.2, -0.15) is 8.78 Å². The van der Waals surface area contributed by atoms with E-state index in [-0.39, 0.29) is 28.9 Å². The van der Waals surface area contributed by atoms with Gasteiger partial charge in [-0.25, -0.2) is 4.98 Å². The Balaban J connectivity index is 2.34. The third-order valence-corrected chi connectivity index (χ3v) is 3.67. The number of aromatic nitrogens is 2. The Hall–Kier alpha value is -2.06. The topological polar surface area (TPSA) is 55.3 Å². The normalized spacial score (nSPS) is 10.8. The monoisotopic (exact) mass is 339 g/mol. The second-order valence-electron chi connectivity index (χ2n) is 4.39. The number of ether oxygens (including phenoxy) is 1. The van der Waals surface area contributed by atoms with E-state index in [0.29, 0.717) is 12.3 Å². The molecule has 0 unspecified atom stereocenters. The van der Waals surface area contributed by atoms with Crippen molar-refractivity contribution >= 4 is 23.4 Å². The van der Waals surface area contributed by atoms with E-state index in [9.17, 15) is 13.6 Å². The fourth-order valence-electron chi connectivity index (χ4n) is 1.93. The number of nitrogens with zero attached hydrogens (tertiary/aromatic N) is 3. The van der Waals surface area contributed by atoms with Gasteiger partial charge < -0.3 is 9.64 Å². The summed E-state index contributed by atoms with van der Waals surface area (Å²) in [5.41, 5.74) is 0.740. The van der Waals surface area contributed by atoms with E-state index in [4.69, 9.17) is 4.74 Å². The molecule has 0 saturated heterocycles. The van der Waals surface area contributed by atoms with E-state index >= 15 is 0 Å². The Bertz CT molecular complexity index is 644. The maximum absolute atomic E-state index is 12.8. The van der Waals surface area contributed by atoms with Crippen molar-refractivity contribution in [3.8, 4) is 0 Å². The standard InChI is InChI=1S/C15H15F2N3O2S/c1-22-10-9-20(11-4-7-18-8-5-11)14(21)12-3-2-6-19-13(12)23-15(16)17/h2-8,15H,9-10H2,1H3. The number of thioether (sulfide) groups is 1. The molecule has 0 atom stereocenters. The fraction of sp³-hybridized carbons (Fsp3) is 0.267. The number of hydrogen-bond acceptors (Lipinski definition) is 5. The molecule has 0 aliphatic heterocycles. The number of carbonyl (C=O) groups excluding carboxylic acids is 1. The predicted octanol–water partition coefficient (Wildman–Crippen LogP) is 3.08. The van der Waals surface area contributed by atoms with E-state index in [1.807, 2.05) is 0 Å². The molecule has 0 bridgehead atoms. The van der Waals surface area contributed by atoms with Crippen LogP contribution in [0, 0.1) is 0 Å². The number of amides is 1. The molecule has 8 heteroatoms. The number of anilines is 1. The molecule has 0 spiro atoms. The van der Waals surface area contributed by atoms with Gasteiger partial charge in [0.1, 0.15) is 5.03 Å². The summed E-state index contributed by atoms with van der Waals surface area (Å²) in [5, 5.41) is 0.00368. The second-order valence-corrected chi connectivity index (χ2v) is 5.37. The summed E-state index contributed by atoms with van der Waals surface area (Å²) in [6.07, 6.45) is 4.49. The van der Waals surface area contributed by atoms with Crippen LogP contribution in [0.3, 0.4) is 0 Å². The summed E-state index contributed by atoms with van der Waals surface area (Å²) in [5.74, 6) is -3.06. The van der Waals surface area contributed by atoms with Crippen LogP contribution in [0.15, 0.2) is 47.9 Å². The Morgan fingerprint density at radius 1 is 1.30 bits per heavy atom. The highest BCUT2D eigenvalue weighted by atomic mass is 32.2. The summed E-state index contributed by atoms with van der Waals surface area (Å²) in [6, 6.07) is 6.37. The van der Waals surface area contributed by atoms with Gasteiger partial charge in [0.05, 0.1) is 12.2 Å². The molecule has 0 fully saturated rings. The number of hydrogen-bond donors (Lipinski definition) is 0. The molecule has 2 aromatic rings. The third kappa shape index (κ3) is 4.70. The summed E-state index contributed by atoms with van der Waals surface area (Å²) in [7, 11) is 1.53. The van der Waals surface area contributed by atoms with Crippen molar-refractivity contribution in [2.75, 3.05) is 25.2 Å². The minimum Gasteiger partial charge on any atom is -0.383 e. The minimum absolute atomic E-state index is 0.00368. The highest BCUT2D eigenvalue weighted by Gasteiger charge is 2.22. The zero-order valence-corrected chi connectivity index (χ0v) is 13.2. The van der Waals surface area contributed by atoms with Gasteiger partial charge in [0, 0.05) is 37.9 Å². The first kappa shape index (κ1) is 17.3. The minimum atomic E-state index is -2.65. The van der Waals surface area contributed by atoms with Crippen molar-refractivity contribution < 1.29 is 18.3 Å². The first-order valence-corrected chi connectivity index (χ1v) is 7.62. The highest BCUT2D eigenvalue weighted by molar-refractivity contribution is 7.99. The SMILES string of the molecule is COCCN(C(=O)c1cccnc1SC(F)F)c1ccncc1. The summed E-state index contributed by atoms with van der Waals surface area (Å²) in [4.78, 5) is 22.1. The zero-order valence-electron chi connectivity index (χ0n) is 12.4. The Labute approximate surface area is 136 Å². The van der Waals surface area contributed by atoms with Crippen molar-refractivity contribution in [1.29, 1.82) is 0 Å². The van der Waals surface area contributed by atoms with Crippen molar-refractivity contribution in [1.82, 2.24) is 9.97 Å². The molecule has 0 N–H and O–H groups in total. The van der Waals surface area contributed by atoms with E-state index < -0.39 is 11.7 Å². The van der Waals surface area contributed by atoms with Crippen LogP contribution in [0.25, 0.3) is 0 Å². The van der Waals surface area contributed by atoms with Crippen LogP contribution in [0.2, 0.25) is 0 Å². The lowest BCUT2D eigenvalue weighted by molar-refractivity contribution is 0.0972. The van der Waals surface area contributed by atoms with Gasteiger partial charge in [-0.05, 0) is 36.0 Å². The Morgan fingerprint density at radius 2 is 2.04 bits per heavy atom. The van der Waals surface area contributed by atoms with Gasteiger partial charge in [0.25, 0.3) is 11.7 Å². The number of rotatable bonds is 7. The van der Waals surface area contributed by atoms with E-state index in [0.717, 1.165) is 0 Å². The number of carbonyl (C=O) groups is 1. The lowest BCUT2D eigenvalue weighted by Gasteiger charge is -2.23. The predicted molar refractivity (Wildman–Crippen MR) is 83.9 cm³/mol. The Kier molecular flexibility index (Phi) is 6.42. The molecule has 2 aromatic heterocycles. The Morgan fingerprint density at radius 3 is 2.70 bits per heavy atom. The van der Waals surface area contributed by atoms with E-state index in [2.05, 4.69) is 9.97 Å². The average Bonchev–Trinajstić information content (AvgIpc) is 2.56. The van der Waals surface area contributed by atoms with Crippen molar-refractivity contribution in [2.45, 2.75) is 10.8 Å². The molecule has 1 amide bonds. The van der Waals surface area contributed by atoms with E-state index in [1.54, 1.807) is 30.6 Å². The lowest BCUT2D eigenvalue weighted by atomic mass is 10.2. The quantitative estimate of drug-likeness (QED) is 0.726. The fourth-order valence-corrected chi connectivity index (χ4v) is 2.50. The van der Waals surface area contributed by atoms with Gasteiger partial charge in [-0.1, -0.05) is 0 Å². The summed E-state index contributed by atoms with van der Waals surface area (Å²) >= 11 is 0.254. The van der Waals surface area contributed by atoms with Crippen LogP contribution >= 0.6 is 11.8 Å². The molecule has 0 saturated carbocycles. The smallest absolute Gasteiger partial charge is 0.290 e. The first-order chi connectivity index (χ1) is 11.1. The van der Waals surface area contributed by atoms with Crippen LogP contribution in [-0.4, -0.2) is 41.9 Å². The third-order valence-electron chi connectivity index (χ3n) is 2.94. The van der Waals surface area contributed by atoms with Crippen molar-refractivity contribution in [3.05, 3.63) is 48.4 Å². The molecule has 0 radical (unpaired) electrons. The summed E-state index contributed by atoms with van der Waals surface area (Å²) in [6.45, 7) is 0.596. The van der Waals surface area contributed by atoms with Crippen LogP contribution in [-0.2, 0) is 4.74 Å². The molecule has 0 aromatic carbocycles. The zero-order chi connectivity index (χ0) is 16.7. The van der Waals surface area contributed by atoms with E-state index in [1.165, 1.54) is 24.3 Å². The highest BCUT2D eigenvalue weighted by Crippen LogP contribution is 2.28. The molecule has 5 nitrogen and oxygen atoms in total. The molecular weight excluding hydrogens is 324 g/mol. The lowest BCUT2D eigenvalue weighted by Crippen LogP contribution is -2.34.